The Morgan fingerprint density at radius 3 is 2.62 bits per heavy atom. The maximum atomic E-state index is 12.2. The summed E-state index contributed by atoms with van der Waals surface area (Å²) in [5.74, 6) is -0.556. The molecule has 0 saturated heterocycles. The van der Waals surface area contributed by atoms with Gasteiger partial charge in [0.15, 0.2) is 0 Å². The van der Waals surface area contributed by atoms with Crippen LogP contribution < -0.4 is 5.32 Å². The molecule has 0 unspecified atom stereocenters. The first-order valence-electron chi connectivity index (χ1n) is 5.90. The highest BCUT2D eigenvalue weighted by atomic mass is 35.5. The smallest absolute Gasteiger partial charge is 0.293 e. The van der Waals surface area contributed by atoms with E-state index in [0.717, 1.165) is 0 Å². The van der Waals surface area contributed by atoms with E-state index in [2.05, 4.69) is 5.32 Å². The SMILES string of the molecule is Cc1cccc([N+](=O)[O-])c1NC(=O)c1cc(Cl)ccc1Cl. The Morgan fingerprint density at radius 2 is 1.95 bits per heavy atom. The van der Waals surface area contributed by atoms with Crippen molar-refractivity contribution >= 4 is 40.5 Å². The van der Waals surface area contributed by atoms with Crippen LogP contribution in [0.4, 0.5) is 11.4 Å². The molecule has 0 fully saturated rings. The van der Waals surface area contributed by atoms with E-state index in [-0.39, 0.29) is 22.0 Å². The van der Waals surface area contributed by atoms with Crippen LogP contribution in [0.5, 0.6) is 0 Å². The number of nitrogens with zero attached hydrogens (tertiary/aromatic N) is 1. The van der Waals surface area contributed by atoms with Gasteiger partial charge in [0, 0.05) is 11.1 Å². The van der Waals surface area contributed by atoms with Crippen molar-refractivity contribution in [2.75, 3.05) is 5.32 Å². The molecular weight excluding hydrogens is 315 g/mol. The lowest BCUT2D eigenvalue weighted by Gasteiger charge is -2.10. The minimum absolute atomic E-state index is 0.142. The first-order valence-corrected chi connectivity index (χ1v) is 6.66. The van der Waals surface area contributed by atoms with Crippen LogP contribution in [0.3, 0.4) is 0 Å². The molecule has 108 valence electrons. The number of carbonyl (C=O) groups excluding carboxylic acids is 1. The zero-order valence-electron chi connectivity index (χ0n) is 10.9. The molecule has 0 saturated carbocycles. The molecule has 0 aliphatic heterocycles. The van der Waals surface area contributed by atoms with Gasteiger partial charge in [0.1, 0.15) is 5.69 Å². The van der Waals surface area contributed by atoms with Crippen LogP contribution in [0.25, 0.3) is 0 Å². The summed E-state index contributed by atoms with van der Waals surface area (Å²) in [6, 6.07) is 8.99. The Balaban J connectivity index is 2.41. The number of nitro groups is 1. The summed E-state index contributed by atoms with van der Waals surface area (Å²) in [5, 5.41) is 14.1. The van der Waals surface area contributed by atoms with Gasteiger partial charge >= 0.3 is 0 Å². The van der Waals surface area contributed by atoms with E-state index >= 15 is 0 Å². The second kappa shape index (κ2) is 6.11. The molecule has 1 N–H and O–H groups in total. The second-order valence-corrected chi connectivity index (χ2v) is 5.15. The number of carbonyl (C=O) groups is 1. The summed E-state index contributed by atoms with van der Waals surface area (Å²) in [6.07, 6.45) is 0. The molecule has 1 amide bonds. The number of halogens is 2. The number of hydrogen-bond acceptors (Lipinski definition) is 3. The van der Waals surface area contributed by atoms with E-state index in [4.69, 9.17) is 23.2 Å². The number of aryl methyl sites for hydroxylation is 1. The number of rotatable bonds is 3. The third kappa shape index (κ3) is 3.32. The second-order valence-electron chi connectivity index (χ2n) is 4.30. The van der Waals surface area contributed by atoms with E-state index in [1.807, 2.05) is 0 Å². The van der Waals surface area contributed by atoms with E-state index in [0.29, 0.717) is 10.6 Å². The molecule has 7 heteroatoms. The topological polar surface area (TPSA) is 72.2 Å². The minimum Gasteiger partial charge on any atom is -0.316 e. The molecule has 0 radical (unpaired) electrons. The molecule has 0 heterocycles. The van der Waals surface area contributed by atoms with Crippen molar-refractivity contribution in [2.45, 2.75) is 6.92 Å². The highest BCUT2D eigenvalue weighted by molar-refractivity contribution is 6.36. The molecule has 0 bridgehead atoms. The first-order chi connectivity index (χ1) is 9.90. The third-order valence-corrected chi connectivity index (χ3v) is 3.42. The highest BCUT2D eigenvalue weighted by Crippen LogP contribution is 2.29. The predicted octanol–water partition coefficient (Wildman–Crippen LogP) is 4.46. The van der Waals surface area contributed by atoms with Crippen LogP contribution in [0, 0.1) is 17.0 Å². The van der Waals surface area contributed by atoms with Gasteiger partial charge in [0.25, 0.3) is 11.6 Å². The van der Waals surface area contributed by atoms with Gasteiger partial charge in [-0.25, -0.2) is 0 Å². The van der Waals surface area contributed by atoms with E-state index in [1.165, 1.54) is 18.2 Å². The van der Waals surface area contributed by atoms with Crippen LogP contribution in [0.1, 0.15) is 15.9 Å². The van der Waals surface area contributed by atoms with Crippen molar-refractivity contribution in [3.8, 4) is 0 Å². The molecule has 5 nitrogen and oxygen atoms in total. The fraction of sp³-hybridized carbons (Fsp3) is 0.0714. The fourth-order valence-corrected chi connectivity index (χ4v) is 2.19. The molecule has 21 heavy (non-hydrogen) atoms. The molecule has 0 aromatic heterocycles. The summed E-state index contributed by atoms with van der Waals surface area (Å²) in [6.45, 7) is 1.67. The zero-order chi connectivity index (χ0) is 15.6. The van der Waals surface area contributed by atoms with Crippen molar-refractivity contribution in [1.82, 2.24) is 0 Å². The number of amides is 1. The molecule has 0 aliphatic rings. The number of anilines is 1. The van der Waals surface area contributed by atoms with Crippen LogP contribution in [-0.4, -0.2) is 10.8 Å². The van der Waals surface area contributed by atoms with Gasteiger partial charge in [0.2, 0.25) is 0 Å². The molecule has 2 rings (SSSR count). The Labute approximate surface area is 130 Å². The average Bonchev–Trinajstić information content (AvgIpc) is 2.43. The van der Waals surface area contributed by atoms with Gasteiger partial charge in [-0.15, -0.1) is 0 Å². The van der Waals surface area contributed by atoms with Crippen molar-refractivity contribution < 1.29 is 9.72 Å². The van der Waals surface area contributed by atoms with Gasteiger partial charge in [0.05, 0.1) is 15.5 Å². The lowest BCUT2D eigenvalue weighted by atomic mass is 10.1. The standard InChI is InChI=1S/C14H10Cl2N2O3/c1-8-3-2-4-12(18(20)21)13(8)17-14(19)10-7-9(15)5-6-11(10)16/h2-7H,1H3,(H,17,19). The van der Waals surface area contributed by atoms with E-state index < -0.39 is 10.8 Å². The predicted molar refractivity (Wildman–Crippen MR) is 82.2 cm³/mol. The number of para-hydroxylation sites is 1. The fourth-order valence-electron chi connectivity index (χ4n) is 1.82. The van der Waals surface area contributed by atoms with Crippen molar-refractivity contribution in [3.05, 3.63) is 67.7 Å². The van der Waals surface area contributed by atoms with Gasteiger partial charge < -0.3 is 5.32 Å². The van der Waals surface area contributed by atoms with Crippen LogP contribution >= 0.6 is 23.2 Å². The van der Waals surface area contributed by atoms with Crippen LogP contribution in [0.15, 0.2) is 36.4 Å². The molecular formula is C14H10Cl2N2O3. The van der Waals surface area contributed by atoms with Gasteiger partial charge in [-0.2, -0.15) is 0 Å². The van der Waals surface area contributed by atoms with E-state index in [1.54, 1.807) is 25.1 Å². The Hall–Kier alpha value is -2.11. The maximum absolute atomic E-state index is 12.2. The molecule has 0 atom stereocenters. The summed E-state index contributed by atoms with van der Waals surface area (Å²) >= 11 is 11.8. The lowest BCUT2D eigenvalue weighted by molar-refractivity contribution is -0.383. The molecule has 2 aromatic carbocycles. The maximum Gasteiger partial charge on any atom is 0.293 e. The quantitative estimate of drug-likeness (QED) is 0.669. The normalized spacial score (nSPS) is 10.2. The minimum atomic E-state index is -0.556. The lowest BCUT2D eigenvalue weighted by Crippen LogP contribution is -2.14. The number of hydrogen-bond donors (Lipinski definition) is 1. The van der Waals surface area contributed by atoms with Gasteiger partial charge in [-0.1, -0.05) is 35.3 Å². The number of nitro benzene ring substituents is 1. The summed E-state index contributed by atoms with van der Waals surface area (Å²) < 4.78 is 0. The Bertz CT molecular complexity index is 732. The first kappa shape index (κ1) is 15.3. The van der Waals surface area contributed by atoms with Crippen LogP contribution in [0.2, 0.25) is 10.0 Å². The Morgan fingerprint density at radius 1 is 1.24 bits per heavy atom. The average molecular weight is 325 g/mol. The summed E-state index contributed by atoms with van der Waals surface area (Å²) in [5.41, 5.74) is 0.697. The highest BCUT2D eigenvalue weighted by Gasteiger charge is 2.19. The van der Waals surface area contributed by atoms with Gasteiger partial charge in [-0.3, -0.25) is 14.9 Å². The Kier molecular flexibility index (Phi) is 4.45. The van der Waals surface area contributed by atoms with E-state index in [9.17, 15) is 14.9 Å². The molecule has 0 aliphatic carbocycles. The number of benzene rings is 2. The molecule has 2 aromatic rings. The van der Waals surface area contributed by atoms with Crippen LogP contribution in [-0.2, 0) is 0 Å². The van der Waals surface area contributed by atoms with Gasteiger partial charge in [-0.05, 0) is 30.7 Å². The van der Waals surface area contributed by atoms with Crippen molar-refractivity contribution in [2.24, 2.45) is 0 Å². The third-order valence-electron chi connectivity index (χ3n) is 2.86. The number of nitrogens with one attached hydrogen (secondary N) is 1. The van der Waals surface area contributed by atoms with Crippen molar-refractivity contribution in [3.63, 3.8) is 0 Å². The zero-order valence-corrected chi connectivity index (χ0v) is 12.4. The monoisotopic (exact) mass is 324 g/mol. The van der Waals surface area contributed by atoms with Crippen molar-refractivity contribution in [1.29, 1.82) is 0 Å². The largest absolute Gasteiger partial charge is 0.316 e. The summed E-state index contributed by atoms with van der Waals surface area (Å²) in [7, 11) is 0. The molecule has 0 spiro atoms. The summed E-state index contributed by atoms with van der Waals surface area (Å²) in [4.78, 5) is 22.7.